The number of aliphatic hydroxyl groups is 1. The van der Waals surface area contributed by atoms with Crippen LogP contribution in [0.2, 0.25) is 0 Å². The molecule has 2 aliphatic rings. The Morgan fingerprint density at radius 2 is 2.10 bits per heavy atom. The molecule has 20 heavy (non-hydrogen) atoms. The largest absolute Gasteiger partial charge is 0.396 e. The number of rotatable bonds is 2. The highest BCUT2D eigenvalue weighted by Crippen LogP contribution is 2.46. The molecular weight excluding hydrogens is 264 g/mol. The van der Waals surface area contributed by atoms with Crippen LogP contribution in [0.4, 0.5) is 0 Å². The summed E-state index contributed by atoms with van der Waals surface area (Å²) in [5.41, 5.74) is -0.892. The molecule has 1 aromatic heterocycles. The zero-order valence-corrected chi connectivity index (χ0v) is 11.4. The lowest BCUT2D eigenvalue weighted by Gasteiger charge is -2.23. The molecule has 7 nitrogen and oxygen atoms in total. The predicted octanol–water partition coefficient (Wildman–Crippen LogP) is -0.390. The summed E-state index contributed by atoms with van der Waals surface area (Å²) in [5, 5.41) is 9.48. The molecule has 1 aliphatic carbocycles. The summed E-state index contributed by atoms with van der Waals surface area (Å²) in [6.45, 7) is 3.61. The van der Waals surface area contributed by atoms with Crippen LogP contribution in [0.3, 0.4) is 0 Å². The van der Waals surface area contributed by atoms with Crippen molar-refractivity contribution in [3.05, 3.63) is 33.1 Å². The Labute approximate surface area is 115 Å². The van der Waals surface area contributed by atoms with Gasteiger partial charge in [-0.15, -0.1) is 0 Å². The van der Waals surface area contributed by atoms with E-state index in [0.29, 0.717) is 6.42 Å². The third-order valence-electron chi connectivity index (χ3n) is 3.99. The first-order valence-corrected chi connectivity index (χ1v) is 6.69. The minimum atomic E-state index is -0.729. The smallest absolute Gasteiger partial charge is 0.328 e. The van der Waals surface area contributed by atoms with E-state index >= 15 is 0 Å². The first kappa shape index (κ1) is 13.5. The fourth-order valence-electron chi connectivity index (χ4n) is 3.20. The quantitative estimate of drug-likeness (QED) is 0.770. The Morgan fingerprint density at radius 1 is 1.40 bits per heavy atom. The predicted molar refractivity (Wildman–Crippen MR) is 69.4 cm³/mol. The molecule has 4 atom stereocenters. The maximum atomic E-state index is 11.9. The average molecular weight is 282 g/mol. The molecule has 1 aliphatic heterocycles. The molecule has 110 valence electrons. The Bertz CT molecular complexity index is 620. The Kier molecular flexibility index (Phi) is 3.07. The van der Waals surface area contributed by atoms with Crippen LogP contribution in [-0.2, 0) is 9.47 Å². The fourth-order valence-corrected chi connectivity index (χ4v) is 3.20. The number of aromatic amines is 1. The van der Waals surface area contributed by atoms with E-state index < -0.39 is 17.0 Å². The highest BCUT2D eigenvalue weighted by Gasteiger charge is 2.54. The van der Waals surface area contributed by atoms with Crippen LogP contribution in [0.5, 0.6) is 0 Å². The van der Waals surface area contributed by atoms with E-state index in [1.54, 1.807) is 0 Å². The van der Waals surface area contributed by atoms with Crippen molar-refractivity contribution in [3.8, 4) is 0 Å². The van der Waals surface area contributed by atoms with E-state index in [1.807, 2.05) is 13.8 Å². The molecule has 0 bridgehead atoms. The van der Waals surface area contributed by atoms with Crippen molar-refractivity contribution in [1.29, 1.82) is 0 Å². The number of aliphatic hydroxyl groups excluding tert-OH is 1. The van der Waals surface area contributed by atoms with Crippen molar-refractivity contribution in [1.82, 2.24) is 9.55 Å². The van der Waals surface area contributed by atoms with Gasteiger partial charge in [0.2, 0.25) is 0 Å². The summed E-state index contributed by atoms with van der Waals surface area (Å²) >= 11 is 0. The van der Waals surface area contributed by atoms with Crippen molar-refractivity contribution >= 4 is 0 Å². The van der Waals surface area contributed by atoms with E-state index in [0.717, 1.165) is 0 Å². The van der Waals surface area contributed by atoms with Gasteiger partial charge in [-0.05, 0) is 20.3 Å². The van der Waals surface area contributed by atoms with Gasteiger partial charge in [0.1, 0.15) is 6.10 Å². The lowest BCUT2D eigenvalue weighted by atomic mass is 10.1. The average Bonchev–Trinajstić information content (AvgIpc) is 2.83. The van der Waals surface area contributed by atoms with Gasteiger partial charge in [0.15, 0.2) is 5.79 Å². The number of nitrogens with one attached hydrogen (secondary N) is 1. The highest BCUT2D eigenvalue weighted by atomic mass is 16.8. The molecule has 2 N–H and O–H groups in total. The van der Waals surface area contributed by atoms with Crippen LogP contribution in [0.15, 0.2) is 21.9 Å². The van der Waals surface area contributed by atoms with Crippen molar-refractivity contribution in [2.45, 2.75) is 44.3 Å². The number of nitrogens with zero attached hydrogens (tertiary/aromatic N) is 1. The Balaban J connectivity index is 1.98. The molecular formula is C13H18N2O5. The maximum absolute atomic E-state index is 11.9. The standard InChI is InChI=1S/C13H18N2O5/c1-13(2)19-10-7(6-16)5-8(11(10)20-13)15-4-3-9(17)14-12(15)18/h3-4,7-8,10-11,16H,5-6H2,1-2H3,(H,14,17,18)/t7-,8-,10-,11+/m1/s1. The molecule has 0 aromatic carbocycles. The summed E-state index contributed by atoms with van der Waals surface area (Å²) in [6, 6.07) is 1.06. The van der Waals surface area contributed by atoms with Gasteiger partial charge in [0.05, 0.1) is 12.1 Å². The highest BCUT2D eigenvalue weighted by molar-refractivity contribution is 5.02. The van der Waals surface area contributed by atoms with E-state index in [1.165, 1.54) is 16.8 Å². The van der Waals surface area contributed by atoms with Gasteiger partial charge in [-0.3, -0.25) is 14.3 Å². The molecule has 1 saturated carbocycles. The molecule has 0 unspecified atom stereocenters. The summed E-state index contributed by atoms with van der Waals surface area (Å²) in [6.07, 6.45) is 1.51. The summed E-state index contributed by atoms with van der Waals surface area (Å²) in [5.74, 6) is -0.807. The Hall–Kier alpha value is -1.44. The van der Waals surface area contributed by atoms with Gasteiger partial charge in [-0.1, -0.05) is 0 Å². The van der Waals surface area contributed by atoms with Crippen molar-refractivity contribution in [2.75, 3.05) is 6.61 Å². The minimum absolute atomic E-state index is 0.0186. The van der Waals surface area contributed by atoms with E-state index in [9.17, 15) is 14.7 Å². The second-order valence-electron chi connectivity index (χ2n) is 5.83. The first-order valence-electron chi connectivity index (χ1n) is 6.69. The van der Waals surface area contributed by atoms with Crippen LogP contribution in [0.1, 0.15) is 26.3 Å². The molecule has 2 fully saturated rings. The van der Waals surface area contributed by atoms with Crippen LogP contribution < -0.4 is 11.2 Å². The van der Waals surface area contributed by atoms with Gasteiger partial charge in [0.25, 0.3) is 5.56 Å². The van der Waals surface area contributed by atoms with Gasteiger partial charge in [-0.25, -0.2) is 4.79 Å². The molecule has 0 amide bonds. The third kappa shape index (κ3) is 2.11. The van der Waals surface area contributed by atoms with Gasteiger partial charge in [0, 0.05) is 24.8 Å². The number of hydrogen-bond donors (Lipinski definition) is 2. The first-order chi connectivity index (χ1) is 9.41. The zero-order valence-electron chi connectivity index (χ0n) is 11.4. The summed E-state index contributed by atoms with van der Waals surface area (Å²) in [7, 11) is 0. The van der Waals surface area contributed by atoms with Crippen LogP contribution in [0.25, 0.3) is 0 Å². The van der Waals surface area contributed by atoms with Crippen molar-refractivity contribution < 1.29 is 14.6 Å². The third-order valence-corrected chi connectivity index (χ3v) is 3.99. The molecule has 1 saturated heterocycles. The van der Waals surface area contributed by atoms with Crippen molar-refractivity contribution in [3.63, 3.8) is 0 Å². The van der Waals surface area contributed by atoms with Crippen LogP contribution in [-0.4, -0.2) is 39.3 Å². The lowest BCUT2D eigenvalue weighted by molar-refractivity contribution is -0.161. The minimum Gasteiger partial charge on any atom is -0.396 e. The summed E-state index contributed by atoms with van der Waals surface area (Å²) < 4.78 is 13.2. The van der Waals surface area contributed by atoms with Gasteiger partial charge < -0.3 is 14.6 Å². The van der Waals surface area contributed by atoms with Crippen molar-refractivity contribution in [2.24, 2.45) is 5.92 Å². The number of hydrogen-bond acceptors (Lipinski definition) is 5. The topological polar surface area (TPSA) is 93.5 Å². The van der Waals surface area contributed by atoms with E-state index in [2.05, 4.69) is 4.98 Å². The number of fused-ring (bicyclic) bond motifs is 1. The molecule has 3 rings (SSSR count). The molecule has 0 spiro atoms. The second kappa shape index (κ2) is 4.54. The number of aromatic nitrogens is 2. The molecule has 7 heteroatoms. The van der Waals surface area contributed by atoms with Crippen LogP contribution >= 0.6 is 0 Å². The molecule has 1 aromatic rings. The fraction of sp³-hybridized carbons (Fsp3) is 0.692. The van der Waals surface area contributed by atoms with Gasteiger partial charge in [-0.2, -0.15) is 0 Å². The van der Waals surface area contributed by atoms with E-state index in [4.69, 9.17) is 9.47 Å². The lowest BCUT2D eigenvalue weighted by Crippen LogP contribution is -2.36. The molecule has 2 heterocycles. The normalized spacial score (nSPS) is 35.1. The second-order valence-corrected chi connectivity index (χ2v) is 5.83. The van der Waals surface area contributed by atoms with Gasteiger partial charge >= 0.3 is 5.69 Å². The molecule has 0 radical (unpaired) electrons. The maximum Gasteiger partial charge on any atom is 0.328 e. The SMILES string of the molecule is CC1(C)O[C@@H]2[C@@H](CO)C[C@@H](n3ccc(=O)[nH]c3=O)[C@@H]2O1. The monoisotopic (exact) mass is 282 g/mol. The van der Waals surface area contributed by atoms with E-state index in [-0.39, 0.29) is 30.8 Å². The number of ether oxygens (including phenoxy) is 2. The summed E-state index contributed by atoms with van der Waals surface area (Å²) in [4.78, 5) is 25.3. The zero-order chi connectivity index (χ0) is 14.5. The van der Waals surface area contributed by atoms with Crippen LogP contribution in [0, 0.1) is 5.92 Å². The Morgan fingerprint density at radius 3 is 2.75 bits per heavy atom. The number of H-pyrrole nitrogens is 1.